The van der Waals surface area contributed by atoms with Gasteiger partial charge in [-0.05, 0) is 6.92 Å². The molecule has 19 heavy (non-hydrogen) atoms. The number of rotatable bonds is 5. The molecule has 1 amide bonds. The standard InChI is InChI=1S/C12H18F2N4O/c1-5-15-11-8(13)6-9(14)12(16-11)18(4)7-10(19)17(2)3/h6H,5,7H2,1-4H3,(H,15,16). The molecular weight excluding hydrogens is 254 g/mol. The van der Waals surface area contributed by atoms with Crippen molar-refractivity contribution >= 4 is 17.5 Å². The van der Waals surface area contributed by atoms with E-state index < -0.39 is 11.6 Å². The van der Waals surface area contributed by atoms with E-state index in [-0.39, 0.29) is 24.1 Å². The maximum atomic E-state index is 13.7. The number of anilines is 2. The highest BCUT2D eigenvalue weighted by atomic mass is 19.1. The molecule has 0 bridgehead atoms. The topological polar surface area (TPSA) is 48.5 Å². The van der Waals surface area contributed by atoms with Crippen molar-refractivity contribution in [3.05, 3.63) is 17.7 Å². The molecule has 1 aromatic rings. The Labute approximate surface area is 111 Å². The van der Waals surface area contributed by atoms with Crippen LogP contribution in [0.25, 0.3) is 0 Å². The van der Waals surface area contributed by atoms with Crippen LogP contribution in [0.15, 0.2) is 6.07 Å². The molecule has 1 rings (SSSR count). The number of hydrogen-bond donors (Lipinski definition) is 1. The fraction of sp³-hybridized carbons (Fsp3) is 0.500. The first-order chi connectivity index (χ1) is 8.86. The van der Waals surface area contributed by atoms with Crippen LogP contribution in [0.4, 0.5) is 20.4 Å². The van der Waals surface area contributed by atoms with Crippen molar-refractivity contribution in [3.63, 3.8) is 0 Å². The molecule has 0 saturated carbocycles. The summed E-state index contributed by atoms with van der Waals surface area (Å²) >= 11 is 0. The van der Waals surface area contributed by atoms with Crippen LogP contribution in [0, 0.1) is 11.6 Å². The first kappa shape index (κ1) is 15.1. The molecule has 1 N–H and O–H groups in total. The fourth-order valence-corrected chi connectivity index (χ4v) is 1.44. The monoisotopic (exact) mass is 272 g/mol. The quantitative estimate of drug-likeness (QED) is 0.878. The van der Waals surface area contributed by atoms with Gasteiger partial charge in [0, 0.05) is 33.8 Å². The van der Waals surface area contributed by atoms with Crippen LogP contribution in [0.3, 0.4) is 0 Å². The fourth-order valence-electron chi connectivity index (χ4n) is 1.44. The van der Waals surface area contributed by atoms with Gasteiger partial charge in [0.2, 0.25) is 5.91 Å². The van der Waals surface area contributed by atoms with E-state index in [1.807, 2.05) is 0 Å². The van der Waals surface area contributed by atoms with Gasteiger partial charge in [-0.1, -0.05) is 0 Å². The lowest BCUT2D eigenvalue weighted by Crippen LogP contribution is -2.35. The number of carbonyl (C=O) groups excluding carboxylic acids is 1. The van der Waals surface area contributed by atoms with E-state index in [2.05, 4.69) is 10.3 Å². The summed E-state index contributed by atoms with van der Waals surface area (Å²) in [6, 6.07) is 0.761. The van der Waals surface area contributed by atoms with Crippen LogP contribution >= 0.6 is 0 Å². The molecule has 7 heteroatoms. The Kier molecular flexibility index (Phi) is 5.02. The summed E-state index contributed by atoms with van der Waals surface area (Å²) < 4.78 is 27.1. The number of aromatic nitrogens is 1. The molecule has 0 fully saturated rings. The van der Waals surface area contributed by atoms with Crippen LogP contribution in [0.5, 0.6) is 0 Å². The van der Waals surface area contributed by atoms with Gasteiger partial charge in [-0.15, -0.1) is 0 Å². The largest absolute Gasteiger partial charge is 0.368 e. The van der Waals surface area contributed by atoms with E-state index in [1.165, 1.54) is 16.8 Å². The van der Waals surface area contributed by atoms with Crippen LogP contribution in [0.1, 0.15) is 6.92 Å². The smallest absolute Gasteiger partial charge is 0.241 e. The van der Waals surface area contributed by atoms with Gasteiger partial charge in [-0.2, -0.15) is 0 Å². The van der Waals surface area contributed by atoms with Gasteiger partial charge in [-0.3, -0.25) is 4.79 Å². The summed E-state index contributed by atoms with van der Waals surface area (Å²) in [6.07, 6.45) is 0. The highest BCUT2D eigenvalue weighted by Gasteiger charge is 2.17. The van der Waals surface area contributed by atoms with Crippen molar-refractivity contribution in [2.24, 2.45) is 0 Å². The molecular formula is C12H18F2N4O. The van der Waals surface area contributed by atoms with Gasteiger partial charge in [0.1, 0.15) is 0 Å². The van der Waals surface area contributed by atoms with Crippen molar-refractivity contribution in [1.29, 1.82) is 0 Å². The number of halogens is 2. The van der Waals surface area contributed by atoms with Gasteiger partial charge in [-0.25, -0.2) is 13.8 Å². The number of nitrogens with zero attached hydrogens (tertiary/aromatic N) is 3. The molecule has 0 spiro atoms. The molecule has 0 aromatic carbocycles. The van der Waals surface area contributed by atoms with Gasteiger partial charge in [0.05, 0.1) is 6.54 Å². The maximum absolute atomic E-state index is 13.7. The Morgan fingerprint density at radius 1 is 1.32 bits per heavy atom. The van der Waals surface area contributed by atoms with E-state index in [0.29, 0.717) is 6.54 Å². The minimum Gasteiger partial charge on any atom is -0.368 e. The van der Waals surface area contributed by atoms with E-state index in [9.17, 15) is 13.6 Å². The van der Waals surface area contributed by atoms with Crippen molar-refractivity contribution < 1.29 is 13.6 Å². The van der Waals surface area contributed by atoms with Crippen LogP contribution < -0.4 is 10.2 Å². The second kappa shape index (κ2) is 6.31. The number of carbonyl (C=O) groups is 1. The summed E-state index contributed by atoms with van der Waals surface area (Å²) in [5, 5.41) is 2.70. The van der Waals surface area contributed by atoms with E-state index in [1.54, 1.807) is 21.0 Å². The van der Waals surface area contributed by atoms with Crippen molar-refractivity contribution in [3.8, 4) is 0 Å². The zero-order valence-corrected chi connectivity index (χ0v) is 11.5. The van der Waals surface area contributed by atoms with Gasteiger partial charge in [0.15, 0.2) is 23.3 Å². The lowest BCUT2D eigenvalue weighted by atomic mass is 10.3. The summed E-state index contributed by atoms with van der Waals surface area (Å²) in [5.41, 5.74) is 0. The zero-order valence-electron chi connectivity index (χ0n) is 11.5. The molecule has 0 aliphatic carbocycles. The predicted molar refractivity (Wildman–Crippen MR) is 70.3 cm³/mol. The number of pyridine rings is 1. The second-order valence-electron chi connectivity index (χ2n) is 4.30. The molecule has 0 atom stereocenters. The molecule has 0 unspecified atom stereocenters. The first-order valence-corrected chi connectivity index (χ1v) is 5.88. The van der Waals surface area contributed by atoms with Crippen LogP contribution in [-0.4, -0.2) is 50.0 Å². The lowest BCUT2D eigenvalue weighted by Gasteiger charge is -2.21. The van der Waals surface area contributed by atoms with Crippen molar-refractivity contribution in [2.45, 2.75) is 6.92 Å². The molecule has 106 valence electrons. The minimum absolute atomic E-state index is 0.0250. The lowest BCUT2D eigenvalue weighted by molar-refractivity contribution is -0.127. The summed E-state index contributed by atoms with van der Waals surface area (Å²) in [6.45, 7) is 2.22. The minimum atomic E-state index is -0.798. The third-order valence-electron chi connectivity index (χ3n) is 2.49. The second-order valence-corrected chi connectivity index (χ2v) is 4.30. The Morgan fingerprint density at radius 3 is 2.47 bits per heavy atom. The third kappa shape index (κ3) is 3.77. The predicted octanol–water partition coefficient (Wildman–Crippen LogP) is 1.32. The van der Waals surface area contributed by atoms with Crippen molar-refractivity contribution in [1.82, 2.24) is 9.88 Å². The SMILES string of the molecule is CCNc1nc(N(C)CC(=O)N(C)C)c(F)cc1F. The molecule has 0 aliphatic rings. The molecule has 0 aliphatic heterocycles. The Morgan fingerprint density at radius 2 is 1.95 bits per heavy atom. The highest BCUT2D eigenvalue weighted by Crippen LogP contribution is 2.21. The van der Waals surface area contributed by atoms with Gasteiger partial charge in [0.25, 0.3) is 0 Å². The van der Waals surface area contributed by atoms with E-state index in [4.69, 9.17) is 0 Å². The third-order valence-corrected chi connectivity index (χ3v) is 2.49. The zero-order chi connectivity index (χ0) is 14.6. The number of amides is 1. The molecule has 0 saturated heterocycles. The number of nitrogens with one attached hydrogen (secondary N) is 1. The van der Waals surface area contributed by atoms with E-state index in [0.717, 1.165) is 6.07 Å². The Hall–Kier alpha value is -1.92. The maximum Gasteiger partial charge on any atom is 0.241 e. The van der Waals surface area contributed by atoms with Crippen molar-refractivity contribution in [2.75, 3.05) is 44.4 Å². The molecule has 5 nitrogen and oxygen atoms in total. The Bertz CT molecular complexity index is 465. The average Bonchev–Trinajstić information content (AvgIpc) is 2.32. The summed E-state index contributed by atoms with van der Waals surface area (Å²) in [4.78, 5) is 18.2. The summed E-state index contributed by atoms with van der Waals surface area (Å²) in [5.74, 6) is -1.84. The summed E-state index contributed by atoms with van der Waals surface area (Å²) in [7, 11) is 4.74. The molecule has 1 aromatic heterocycles. The first-order valence-electron chi connectivity index (χ1n) is 5.88. The molecule has 0 radical (unpaired) electrons. The van der Waals surface area contributed by atoms with Crippen LogP contribution in [-0.2, 0) is 4.79 Å². The van der Waals surface area contributed by atoms with Gasteiger partial charge < -0.3 is 15.1 Å². The Balaban J connectivity index is 2.98. The number of hydrogen-bond acceptors (Lipinski definition) is 4. The average molecular weight is 272 g/mol. The van der Waals surface area contributed by atoms with E-state index >= 15 is 0 Å². The normalized spacial score (nSPS) is 10.2. The van der Waals surface area contributed by atoms with Crippen LogP contribution in [0.2, 0.25) is 0 Å². The number of likely N-dealkylation sites (N-methyl/N-ethyl adjacent to an activating group) is 2. The molecule has 1 heterocycles. The highest BCUT2D eigenvalue weighted by molar-refractivity contribution is 5.80. The van der Waals surface area contributed by atoms with Gasteiger partial charge >= 0.3 is 0 Å².